The van der Waals surface area contributed by atoms with Crippen molar-refractivity contribution in [3.63, 3.8) is 0 Å². The molecule has 3 rings (SSSR count). The zero-order valence-corrected chi connectivity index (χ0v) is 17.0. The molecule has 152 valence electrons. The van der Waals surface area contributed by atoms with Gasteiger partial charge < -0.3 is 14.0 Å². The van der Waals surface area contributed by atoms with E-state index < -0.39 is 17.5 Å². The normalized spacial score (nSPS) is 11.9. The van der Waals surface area contributed by atoms with Gasteiger partial charge in [0.25, 0.3) is 5.56 Å². The monoisotopic (exact) mass is 417 g/mol. The summed E-state index contributed by atoms with van der Waals surface area (Å²) in [5, 5.41) is 0.0489. The van der Waals surface area contributed by atoms with Gasteiger partial charge in [0.2, 0.25) is 5.16 Å². The fourth-order valence-corrected chi connectivity index (χ4v) is 3.27. The van der Waals surface area contributed by atoms with Crippen LogP contribution in [0.1, 0.15) is 11.3 Å². The van der Waals surface area contributed by atoms with Crippen LogP contribution in [0.25, 0.3) is 11.3 Å². The van der Waals surface area contributed by atoms with Crippen LogP contribution >= 0.6 is 0 Å². The molecule has 9 heteroatoms. The second-order valence-electron chi connectivity index (χ2n) is 6.19. The highest BCUT2D eigenvalue weighted by Crippen LogP contribution is 2.28. The molecule has 0 fully saturated rings. The van der Waals surface area contributed by atoms with E-state index in [9.17, 15) is 13.4 Å². The van der Waals surface area contributed by atoms with E-state index in [1.165, 1.54) is 23.0 Å². The molecule has 29 heavy (non-hydrogen) atoms. The van der Waals surface area contributed by atoms with E-state index in [0.29, 0.717) is 29.3 Å². The predicted molar refractivity (Wildman–Crippen MR) is 108 cm³/mol. The van der Waals surface area contributed by atoms with Gasteiger partial charge in [0.15, 0.2) is 11.5 Å². The third kappa shape index (κ3) is 4.68. The van der Waals surface area contributed by atoms with Gasteiger partial charge >= 0.3 is 0 Å². The number of methoxy groups -OCH3 is 2. The quantitative estimate of drug-likeness (QED) is 0.550. The number of hydrogen-bond acceptors (Lipinski definition) is 6. The standard InChI is InChI=1S/C20H20FN3O4S/c1-27-17-6-4-13(8-18(17)28-2)11-24-12-14(5-7-19(24)25)16-9-15(10-21)22-20(23-16)29(3)26/h4-9,12H,10-11H2,1-3H3. The second-order valence-corrected chi connectivity index (χ2v) is 7.46. The number of ether oxygens (including phenoxy) is 2. The number of nitrogens with zero attached hydrogens (tertiary/aromatic N) is 3. The molecule has 7 nitrogen and oxygen atoms in total. The maximum absolute atomic E-state index is 13.2. The molecule has 0 amide bonds. The Morgan fingerprint density at radius 1 is 1.07 bits per heavy atom. The average Bonchev–Trinajstić information content (AvgIpc) is 2.74. The summed E-state index contributed by atoms with van der Waals surface area (Å²) in [4.78, 5) is 20.5. The topological polar surface area (TPSA) is 83.3 Å². The van der Waals surface area contributed by atoms with Gasteiger partial charge in [-0.1, -0.05) is 6.07 Å². The highest BCUT2D eigenvalue weighted by molar-refractivity contribution is 7.84. The van der Waals surface area contributed by atoms with Crippen molar-refractivity contribution in [3.8, 4) is 22.8 Å². The van der Waals surface area contributed by atoms with Gasteiger partial charge in [0.05, 0.1) is 43.0 Å². The lowest BCUT2D eigenvalue weighted by molar-refractivity contribution is 0.354. The summed E-state index contributed by atoms with van der Waals surface area (Å²) in [5.41, 5.74) is 1.76. The van der Waals surface area contributed by atoms with Crippen molar-refractivity contribution < 1.29 is 18.1 Å². The molecule has 1 atom stereocenters. The van der Waals surface area contributed by atoms with E-state index in [-0.39, 0.29) is 16.4 Å². The van der Waals surface area contributed by atoms with Crippen molar-refractivity contribution in [2.24, 2.45) is 0 Å². The van der Waals surface area contributed by atoms with Gasteiger partial charge in [-0.3, -0.25) is 9.00 Å². The van der Waals surface area contributed by atoms with Gasteiger partial charge in [-0.2, -0.15) is 0 Å². The molecule has 2 aromatic heterocycles. The molecule has 0 aliphatic heterocycles. The minimum atomic E-state index is -1.46. The van der Waals surface area contributed by atoms with E-state index in [1.807, 2.05) is 6.07 Å². The van der Waals surface area contributed by atoms with Crippen LogP contribution < -0.4 is 15.0 Å². The number of halogens is 1. The van der Waals surface area contributed by atoms with Gasteiger partial charge in [-0.05, 0) is 29.8 Å². The van der Waals surface area contributed by atoms with Crippen LogP contribution in [0.5, 0.6) is 11.5 Å². The molecule has 0 spiro atoms. The Balaban J connectivity index is 2.00. The number of aromatic nitrogens is 3. The van der Waals surface area contributed by atoms with Crippen LogP contribution in [-0.2, 0) is 24.0 Å². The van der Waals surface area contributed by atoms with E-state index in [0.717, 1.165) is 5.56 Å². The van der Waals surface area contributed by atoms with Crippen LogP contribution in [0.4, 0.5) is 4.39 Å². The number of alkyl halides is 1. The van der Waals surface area contributed by atoms with Crippen LogP contribution in [0.2, 0.25) is 0 Å². The van der Waals surface area contributed by atoms with Crippen molar-refractivity contribution in [3.05, 3.63) is 64.2 Å². The summed E-state index contributed by atoms with van der Waals surface area (Å²) in [5.74, 6) is 1.16. The Morgan fingerprint density at radius 3 is 2.48 bits per heavy atom. The number of pyridine rings is 1. The zero-order chi connectivity index (χ0) is 21.0. The lowest BCUT2D eigenvalue weighted by Gasteiger charge is -2.12. The smallest absolute Gasteiger partial charge is 0.250 e. The van der Waals surface area contributed by atoms with Crippen molar-refractivity contribution in [2.75, 3.05) is 20.5 Å². The minimum absolute atomic E-state index is 0.0489. The van der Waals surface area contributed by atoms with Crippen LogP contribution in [-0.4, -0.2) is 39.2 Å². The first-order chi connectivity index (χ1) is 13.9. The van der Waals surface area contributed by atoms with Crippen LogP contribution in [0.15, 0.2) is 52.5 Å². The summed E-state index contributed by atoms with van der Waals surface area (Å²) in [6.07, 6.45) is 3.06. The third-order valence-corrected chi connectivity index (χ3v) is 4.93. The molecule has 0 aliphatic carbocycles. The predicted octanol–water partition coefficient (Wildman–Crippen LogP) is 2.58. The van der Waals surface area contributed by atoms with Crippen molar-refractivity contribution >= 4 is 10.8 Å². The molecule has 2 heterocycles. The highest BCUT2D eigenvalue weighted by Gasteiger charge is 2.11. The highest BCUT2D eigenvalue weighted by atomic mass is 32.2. The first-order valence-corrected chi connectivity index (χ1v) is 10.2. The van der Waals surface area contributed by atoms with E-state index >= 15 is 0 Å². The molecule has 1 aromatic carbocycles. The molecule has 0 saturated heterocycles. The van der Waals surface area contributed by atoms with Gasteiger partial charge in [-0.25, -0.2) is 14.4 Å². The average molecular weight is 417 g/mol. The molecule has 1 unspecified atom stereocenters. The maximum atomic E-state index is 13.2. The van der Waals surface area contributed by atoms with Gasteiger partial charge in [0.1, 0.15) is 6.67 Å². The Bertz CT molecular complexity index is 1120. The SMILES string of the molecule is COc1ccc(Cn2cc(-c3cc(CF)nc(S(C)=O)n3)ccc2=O)cc1OC. The third-order valence-electron chi connectivity index (χ3n) is 4.23. The van der Waals surface area contributed by atoms with Crippen molar-refractivity contribution in [1.82, 2.24) is 14.5 Å². The molecular weight excluding hydrogens is 397 g/mol. The summed E-state index contributed by atoms with van der Waals surface area (Å²) in [6.45, 7) is -0.508. The molecule has 0 N–H and O–H groups in total. The first-order valence-electron chi connectivity index (χ1n) is 8.64. The summed E-state index contributed by atoms with van der Waals surface area (Å²) < 4.78 is 37.0. The molecular formula is C20H20FN3O4S. The summed E-state index contributed by atoms with van der Waals surface area (Å²) >= 11 is 0. The van der Waals surface area contributed by atoms with E-state index in [4.69, 9.17) is 9.47 Å². The molecule has 0 aliphatic rings. The summed E-state index contributed by atoms with van der Waals surface area (Å²) in [7, 11) is 1.64. The molecule has 0 radical (unpaired) electrons. The fraction of sp³-hybridized carbons (Fsp3) is 0.250. The van der Waals surface area contributed by atoms with Gasteiger partial charge in [-0.15, -0.1) is 0 Å². The first kappa shape index (κ1) is 20.7. The van der Waals surface area contributed by atoms with E-state index in [1.54, 1.807) is 38.6 Å². The Hall–Kier alpha value is -3.07. The Morgan fingerprint density at radius 2 is 1.83 bits per heavy atom. The van der Waals surface area contributed by atoms with Gasteiger partial charge in [0, 0.05) is 24.1 Å². The molecule has 0 bridgehead atoms. The largest absolute Gasteiger partial charge is 0.493 e. The van der Waals surface area contributed by atoms with E-state index in [2.05, 4.69) is 9.97 Å². The Labute approximate surface area is 169 Å². The lowest BCUT2D eigenvalue weighted by atomic mass is 10.1. The fourth-order valence-electron chi connectivity index (χ4n) is 2.80. The number of hydrogen-bond donors (Lipinski definition) is 0. The number of benzene rings is 1. The Kier molecular flexibility index (Phi) is 6.38. The minimum Gasteiger partial charge on any atom is -0.493 e. The zero-order valence-electron chi connectivity index (χ0n) is 16.2. The van der Waals surface area contributed by atoms with Crippen molar-refractivity contribution in [1.29, 1.82) is 0 Å². The molecule has 3 aromatic rings. The lowest BCUT2D eigenvalue weighted by Crippen LogP contribution is -2.19. The maximum Gasteiger partial charge on any atom is 0.250 e. The van der Waals surface area contributed by atoms with Crippen LogP contribution in [0.3, 0.4) is 0 Å². The second kappa shape index (κ2) is 8.95. The van der Waals surface area contributed by atoms with Crippen molar-refractivity contribution in [2.45, 2.75) is 18.4 Å². The summed E-state index contributed by atoms with van der Waals surface area (Å²) in [6, 6.07) is 9.89. The molecule has 0 saturated carbocycles. The van der Waals surface area contributed by atoms with Crippen LogP contribution in [0, 0.1) is 0 Å². The number of rotatable bonds is 7.